The van der Waals surface area contributed by atoms with Gasteiger partial charge in [0.15, 0.2) is 22.3 Å². The van der Waals surface area contributed by atoms with Gasteiger partial charge in [0.1, 0.15) is 0 Å². The number of fused-ring (bicyclic) bond motifs is 1. The van der Waals surface area contributed by atoms with Crippen molar-refractivity contribution in [1.82, 2.24) is 9.38 Å². The largest absolute Gasteiger partial charge is 0.502 e. The summed E-state index contributed by atoms with van der Waals surface area (Å²) in [6.45, 7) is 0. The van der Waals surface area contributed by atoms with Crippen molar-refractivity contribution in [3.8, 4) is 28.8 Å². The molecule has 4 rings (SSSR count). The van der Waals surface area contributed by atoms with Crippen LogP contribution in [-0.2, 0) is 0 Å². The van der Waals surface area contributed by atoms with E-state index in [2.05, 4.69) is 11.1 Å². The zero-order valence-electron chi connectivity index (χ0n) is 14.5. The molecule has 0 bridgehead atoms. The average molecular weight is 393 g/mol. The van der Waals surface area contributed by atoms with Crippen molar-refractivity contribution in [2.24, 2.45) is 0 Å². The molecule has 4 aromatic rings. The van der Waals surface area contributed by atoms with Crippen molar-refractivity contribution in [3.05, 3.63) is 74.4 Å². The lowest BCUT2D eigenvalue weighted by molar-refractivity contribution is 0.357. The number of ether oxygens (including phenoxy) is 1. The monoisotopic (exact) mass is 393 g/mol. The van der Waals surface area contributed by atoms with Crippen molar-refractivity contribution in [1.29, 1.82) is 5.26 Å². The number of benzene rings is 2. The number of aromatic nitrogens is 2. The molecule has 138 valence electrons. The van der Waals surface area contributed by atoms with E-state index in [1.54, 1.807) is 30.5 Å². The van der Waals surface area contributed by atoms with E-state index in [4.69, 9.17) is 10.00 Å². The Bertz CT molecular complexity index is 1370. The molecule has 0 radical (unpaired) electrons. The van der Waals surface area contributed by atoms with Crippen molar-refractivity contribution < 1.29 is 14.2 Å². The zero-order chi connectivity index (χ0) is 19.8. The fourth-order valence-electron chi connectivity index (χ4n) is 2.88. The molecular formula is C20H12FN3O3S. The number of methoxy groups -OCH3 is 1. The number of hydrogen-bond donors (Lipinski definition) is 1. The number of aromatic hydroxyl groups is 1. The van der Waals surface area contributed by atoms with Crippen LogP contribution in [0.5, 0.6) is 11.5 Å². The Morgan fingerprint density at radius 2 is 2.18 bits per heavy atom. The molecule has 0 unspecified atom stereocenters. The maximum absolute atomic E-state index is 13.9. The van der Waals surface area contributed by atoms with Crippen molar-refractivity contribution >= 4 is 22.4 Å². The van der Waals surface area contributed by atoms with Crippen molar-refractivity contribution in [2.45, 2.75) is 0 Å². The molecule has 0 saturated carbocycles. The highest BCUT2D eigenvalue weighted by Gasteiger charge is 2.14. The van der Waals surface area contributed by atoms with Gasteiger partial charge in [0, 0.05) is 5.56 Å². The first-order valence-electron chi connectivity index (χ1n) is 8.11. The van der Waals surface area contributed by atoms with E-state index < -0.39 is 11.6 Å². The molecule has 2 aromatic heterocycles. The molecule has 2 aromatic carbocycles. The third-order valence-corrected chi connectivity index (χ3v) is 5.18. The Morgan fingerprint density at radius 1 is 1.36 bits per heavy atom. The zero-order valence-corrected chi connectivity index (χ0v) is 15.3. The second kappa shape index (κ2) is 6.79. The molecule has 0 saturated heterocycles. The molecule has 8 heteroatoms. The summed E-state index contributed by atoms with van der Waals surface area (Å²) in [5, 5.41) is 18.7. The van der Waals surface area contributed by atoms with Crippen molar-refractivity contribution in [3.63, 3.8) is 0 Å². The molecule has 0 atom stereocenters. The molecular weight excluding hydrogens is 381 g/mol. The van der Waals surface area contributed by atoms with Crippen molar-refractivity contribution in [2.75, 3.05) is 7.11 Å². The minimum Gasteiger partial charge on any atom is -0.502 e. The Morgan fingerprint density at radius 3 is 2.93 bits per heavy atom. The van der Waals surface area contributed by atoms with E-state index in [1.165, 1.54) is 23.7 Å². The third kappa shape index (κ3) is 2.88. The highest BCUT2D eigenvalue weighted by atomic mass is 32.1. The van der Waals surface area contributed by atoms with Gasteiger partial charge in [0.05, 0.1) is 35.2 Å². The van der Waals surface area contributed by atoms with E-state index in [0.29, 0.717) is 31.9 Å². The summed E-state index contributed by atoms with van der Waals surface area (Å²) in [5.41, 5.74) is 1.82. The number of nitriles is 1. The van der Waals surface area contributed by atoms with Crippen LogP contribution in [0.15, 0.2) is 47.4 Å². The molecule has 0 spiro atoms. The Balaban J connectivity index is 1.90. The van der Waals surface area contributed by atoms with Crippen LogP contribution >= 0.6 is 11.3 Å². The highest BCUT2D eigenvalue weighted by molar-refractivity contribution is 7.15. The van der Waals surface area contributed by atoms with Gasteiger partial charge >= 0.3 is 0 Å². The first kappa shape index (κ1) is 17.7. The molecule has 0 aliphatic rings. The lowest BCUT2D eigenvalue weighted by atomic mass is 10.1. The normalized spacial score (nSPS) is 11.7. The lowest BCUT2D eigenvalue weighted by Crippen LogP contribution is -2.23. The molecule has 28 heavy (non-hydrogen) atoms. The number of imidazole rings is 1. The second-order valence-electron chi connectivity index (χ2n) is 5.92. The fraction of sp³-hybridized carbons (Fsp3) is 0.0500. The second-order valence-corrected chi connectivity index (χ2v) is 6.93. The first-order chi connectivity index (χ1) is 13.5. The first-order valence-corrected chi connectivity index (χ1v) is 8.92. The summed E-state index contributed by atoms with van der Waals surface area (Å²) in [6, 6.07) is 11.5. The maximum Gasteiger partial charge on any atom is 0.274 e. The van der Waals surface area contributed by atoms with Gasteiger partial charge in [-0.25, -0.2) is 13.8 Å². The van der Waals surface area contributed by atoms with Crippen LogP contribution in [-0.4, -0.2) is 21.6 Å². The van der Waals surface area contributed by atoms with Crippen LogP contribution < -0.4 is 14.8 Å². The van der Waals surface area contributed by atoms with Gasteiger partial charge in [-0.2, -0.15) is 5.26 Å². The summed E-state index contributed by atoms with van der Waals surface area (Å²) in [6.07, 6.45) is 3.10. The van der Waals surface area contributed by atoms with Crippen LogP contribution in [0.2, 0.25) is 0 Å². The minimum atomic E-state index is -0.839. The predicted octanol–water partition coefficient (Wildman–Crippen LogP) is 2.70. The molecule has 0 aliphatic carbocycles. The summed E-state index contributed by atoms with van der Waals surface area (Å²) >= 11 is 1.16. The highest BCUT2D eigenvalue weighted by Crippen LogP contribution is 2.30. The number of rotatable bonds is 3. The maximum atomic E-state index is 13.9. The molecule has 6 nitrogen and oxygen atoms in total. The average Bonchev–Trinajstić information content (AvgIpc) is 3.25. The summed E-state index contributed by atoms with van der Waals surface area (Å²) in [7, 11) is 1.32. The van der Waals surface area contributed by atoms with Gasteiger partial charge in [-0.3, -0.25) is 4.79 Å². The van der Waals surface area contributed by atoms with Gasteiger partial charge in [-0.15, -0.1) is 0 Å². The summed E-state index contributed by atoms with van der Waals surface area (Å²) < 4.78 is 20.6. The Kier molecular flexibility index (Phi) is 4.29. The number of halogens is 1. The van der Waals surface area contributed by atoms with E-state index in [1.807, 2.05) is 0 Å². The number of nitrogens with zero attached hydrogens (tertiary/aromatic N) is 3. The standard InChI is InChI=1S/C20H12FN3O3S/c1-27-16-7-12(6-14(21)18(16)25)8-17-19(26)24-15(10-23-20(24)28-17)13-4-2-3-11(5-13)9-22/h2-8,10,25H,1H3/b17-8+. The SMILES string of the molecule is COc1cc(/C=c2/sc3ncc(-c4cccc(C#N)c4)n3c2=O)cc(F)c1O. The van der Waals surface area contributed by atoms with Gasteiger partial charge in [0.2, 0.25) is 0 Å². The van der Waals surface area contributed by atoms with Crippen LogP contribution in [0, 0.1) is 17.1 Å². The minimum absolute atomic E-state index is 0.0194. The summed E-state index contributed by atoms with van der Waals surface area (Å²) in [4.78, 5) is 17.7. The molecule has 0 fully saturated rings. The van der Waals surface area contributed by atoms with Crippen LogP contribution in [0.25, 0.3) is 22.3 Å². The van der Waals surface area contributed by atoms with E-state index >= 15 is 0 Å². The Hall–Kier alpha value is -3.70. The number of phenolic OH excluding ortho intramolecular Hbond substituents is 1. The number of hydrogen-bond acceptors (Lipinski definition) is 6. The lowest BCUT2D eigenvalue weighted by Gasteiger charge is -2.04. The van der Waals surface area contributed by atoms with Crippen LogP contribution in [0.4, 0.5) is 4.39 Å². The smallest absolute Gasteiger partial charge is 0.274 e. The fourth-order valence-corrected chi connectivity index (χ4v) is 3.83. The van der Waals surface area contributed by atoms with Crippen LogP contribution in [0.1, 0.15) is 11.1 Å². The number of thiazole rings is 1. The van der Waals surface area contributed by atoms with Gasteiger partial charge < -0.3 is 9.84 Å². The van der Waals surface area contributed by atoms with Gasteiger partial charge in [-0.05, 0) is 35.9 Å². The molecule has 1 N–H and O–H groups in total. The quantitative estimate of drug-likeness (QED) is 0.578. The third-order valence-electron chi connectivity index (χ3n) is 4.20. The molecule has 0 amide bonds. The van der Waals surface area contributed by atoms with E-state index in [0.717, 1.165) is 17.4 Å². The van der Waals surface area contributed by atoms with E-state index in [-0.39, 0.29) is 11.3 Å². The topological polar surface area (TPSA) is 87.6 Å². The Labute approximate surface area is 162 Å². The molecule has 0 aliphatic heterocycles. The molecule has 2 heterocycles. The summed E-state index contributed by atoms with van der Waals surface area (Å²) in [5.74, 6) is -1.44. The van der Waals surface area contributed by atoms with Crippen LogP contribution in [0.3, 0.4) is 0 Å². The van der Waals surface area contributed by atoms with Gasteiger partial charge in [-0.1, -0.05) is 23.5 Å². The van der Waals surface area contributed by atoms with Gasteiger partial charge in [0.25, 0.3) is 5.56 Å². The number of phenols is 1. The predicted molar refractivity (Wildman–Crippen MR) is 103 cm³/mol. The van der Waals surface area contributed by atoms with E-state index in [9.17, 15) is 14.3 Å².